The van der Waals surface area contributed by atoms with Gasteiger partial charge in [0.1, 0.15) is 6.23 Å². The van der Waals surface area contributed by atoms with Crippen LogP contribution in [0.4, 0.5) is 0 Å². The first kappa shape index (κ1) is 6.36. The summed E-state index contributed by atoms with van der Waals surface area (Å²) in [6.45, 7) is 2.03. The number of hydrogen-bond donors (Lipinski definition) is 1. The highest BCUT2D eigenvalue weighted by Crippen LogP contribution is 2.05. The number of hydrogen-bond acceptors (Lipinski definition) is 2. The molecule has 0 radical (unpaired) electrons. The van der Waals surface area contributed by atoms with E-state index in [1.54, 1.807) is 7.11 Å². The molecule has 0 aromatic carbocycles. The molecule has 50 valence electrons. The lowest BCUT2D eigenvalue weighted by Crippen LogP contribution is -2.28. The first-order valence-electron chi connectivity index (χ1n) is 2.97. The summed E-state index contributed by atoms with van der Waals surface area (Å²) in [5.41, 5.74) is 1.21. The monoisotopic (exact) mass is 125 g/mol. The van der Waals surface area contributed by atoms with Crippen LogP contribution in [0.25, 0.3) is 0 Å². The number of nitrogens with one attached hydrogen (secondary N) is 1. The molecule has 2 nitrogen and oxygen atoms in total. The topological polar surface area (TPSA) is 21.3 Å². The van der Waals surface area contributed by atoms with Gasteiger partial charge in [0.05, 0.1) is 0 Å². The highest BCUT2D eigenvalue weighted by atomic mass is 16.5. The van der Waals surface area contributed by atoms with Gasteiger partial charge in [0.25, 0.3) is 0 Å². The van der Waals surface area contributed by atoms with Crippen molar-refractivity contribution in [3.05, 3.63) is 23.9 Å². The van der Waals surface area contributed by atoms with Crippen molar-refractivity contribution >= 4 is 0 Å². The Hall–Kier alpha value is -0.760. The molecule has 0 spiro atoms. The quantitative estimate of drug-likeness (QED) is 0.565. The molecule has 1 aliphatic heterocycles. The number of rotatable bonds is 1. The van der Waals surface area contributed by atoms with E-state index in [0.717, 1.165) is 0 Å². The molecule has 0 fully saturated rings. The maximum atomic E-state index is 5.07. The molecule has 0 aromatic heterocycles. The molecule has 0 saturated heterocycles. The van der Waals surface area contributed by atoms with Crippen molar-refractivity contribution in [1.29, 1.82) is 0 Å². The molecular weight excluding hydrogens is 114 g/mol. The van der Waals surface area contributed by atoms with Gasteiger partial charge in [-0.1, -0.05) is 6.08 Å². The lowest BCUT2D eigenvalue weighted by atomic mass is 10.2. The van der Waals surface area contributed by atoms with Gasteiger partial charge >= 0.3 is 0 Å². The zero-order chi connectivity index (χ0) is 6.69. The van der Waals surface area contributed by atoms with Crippen LogP contribution in [0.5, 0.6) is 0 Å². The molecule has 0 aromatic rings. The van der Waals surface area contributed by atoms with E-state index < -0.39 is 0 Å². The molecule has 2 heteroatoms. The van der Waals surface area contributed by atoms with E-state index in [4.69, 9.17) is 4.74 Å². The van der Waals surface area contributed by atoms with Crippen molar-refractivity contribution in [3.8, 4) is 0 Å². The first-order chi connectivity index (χ1) is 4.34. The maximum Gasteiger partial charge on any atom is 0.149 e. The number of methoxy groups -OCH3 is 1. The zero-order valence-corrected chi connectivity index (χ0v) is 5.72. The molecule has 1 aliphatic rings. The lowest BCUT2D eigenvalue weighted by Gasteiger charge is -2.18. The highest BCUT2D eigenvalue weighted by molar-refractivity contribution is 5.18. The van der Waals surface area contributed by atoms with Gasteiger partial charge in [-0.25, -0.2) is 0 Å². The Morgan fingerprint density at radius 3 is 2.89 bits per heavy atom. The van der Waals surface area contributed by atoms with Gasteiger partial charge in [0.15, 0.2) is 0 Å². The molecule has 0 bridgehead atoms. The van der Waals surface area contributed by atoms with E-state index in [9.17, 15) is 0 Å². The van der Waals surface area contributed by atoms with Crippen LogP contribution >= 0.6 is 0 Å². The summed E-state index contributed by atoms with van der Waals surface area (Å²) in [4.78, 5) is 0. The fraction of sp³-hybridized carbons (Fsp3) is 0.429. The second kappa shape index (κ2) is 2.69. The van der Waals surface area contributed by atoms with Crippen LogP contribution in [0.3, 0.4) is 0 Å². The summed E-state index contributed by atoms with van der Waals surface area (Å²) >= 11 is 0. The van der Waals surface area contributed by atoms with E-state index in [1.807, 2.05) is 25.3 Å². The third-order valence-corrected chi connectivity index (χ3v) is 1.35. The Balaban J connectivity index is 2.59. The Kier molecular flexibility index (Phi) is 1.90. The summed E-state index contributed by atoms with van der Waals surface area (Å²) < 4.78 is 5.07. The van der Waals surface area contributed by atoms with Crippen LogP contribution in [0.2, 0.25) is 0 Å². The average Bonchev–Trinajstić information content (AvgIpc) is 1.89. The van der Waals surface area contributed by atoms with Gasteiger partial charge in [0, 0.05) is 7.11 Å². The minimum Gasteiger partial charge on any atom is -0.363 e. The minimum atomic E-state index is 0.0787. The van der Waals surface area contributed by atoms with Crippen LogP contribution in [0.1, 0.15) is 6.92 Å². The Labute approximate surface area is 55.2 Å². The Morgan fingerprint density at radius 1 is 1.67 bits per heavy atom. The largest absolute Gasteiger partial charge is 0.363 e. The van der Waals surface area contributed by atoms with Crippen LogP contribution < -0.4 is 5.32 Å². The van der Waals surface area contributed by atoms with Crippen molar-refractivity contribution in [3.63, 3.8) is 0 Å². The van der Waals surface area contributed by atoms with E-state index in [2.05, 4.69) is 5.32 Å². The van der Waals surface area contributed by atoms with Gasteiger partial charge in [-0.15, -0.1) is 0 Å². The minimum absolute atomic E-state index is 0.0787. The van der Waals surface area contributed by atoms with Gasteiger partial charge in [-0.05, 0) is 24.8 Å². The summed E-state index contributed by atoms with van der Waals surface area (Å²) in [6.07, 6.45) is 5.95. The van der Waals surface area contributed by atoms with Crippen LogP contribution in [-0.2, 0) is 4.74 Å². The standard InChI is InChI=1S/C7H11NO/c1-6-4-3-5-8-7(6)9-2/h3-5,7-8H,1-2H3. The summed E-state index contributed by atoms with van der Waals surface area (Å²) in [5.74, 6) is 0. The van der Waals surface area contributed by atoms with Gasteiger partial charge in [-0.3, -0.25) is 0 Å². The molecule has 1 heterocycles. The SMILES string of the molecule is COC1NC=CC=C1C. The lowest BCUT2D eigenvalue weighted by molar-refractivity contribution is 0.114. The van der Waals surface area contributed by atoms with Crippen LogP contribution in [0, 0.1) is 0 Å². The van der Waals surface area contributed by atoms with E-state index in [-0.39, 0.29) is 6.23 Å². The molecule has 1 atom stereocenters. The van der Waals surface area contributed by atoms with Crippen molar-refractivity contribution in [1.82, 2.24) is 5.32 Å². The molecule has 0 aliphatic carbocycles. The van der Waals surface area contributed by atoms with Crippen molar-refractivity contribution in [2.24, 2.45) is 0 Å². The van der Waals surface area contributed by atoms with Crippen molar-refractivity contribution in [2.75, 3.05) is 7.11 Å². The second-order valence-corrected chi connectivity index (χ2v) is 2.05. The number of dihydropyridines is 1. The smallest absolute Gasteiger partial charge is 0.149 e. The van der Waals surface area contributed by atoms with Gasteiger partial charge in [-0.2, -0.15) is 0 Å². The van der Waals surface area contributed by atoms with Gasteiger partial charge < -0.3 is 10.1 Å². The van der Waals surface area contributed by atoms with Crippen LogP contribution in [-0.4, -0.2) is 13.3 Å². The van der Waals surface area contributed by atoms with Crippen molar-refractivity contribution in [2.45, 2.75) is 13.2 Å². The summed E-state index contributed by atoms with van der Waals surface area (Å²) in [7, 11) is 1.69. The molecule has 1 rings (SSSR count). The Bertz CT molecular complexity index is 149. The number of ether oxygens (including phenoxy) is 1. The zero-order valence-electron chi connectivity index (χ0n) is 5.72. The molecule has 1 unspecified atom stereocenters. The summed E-state index contributed by atoms with van der Waals surface area (Å²) in [6, 6.07) is 0. The molecule has 9 heavy (non-hydrogen) atoms. The average molecular weight is 125 g/mol. The molecule has 1 N–H and O–H groups in total. The Morgan fingerprint density at radius 2 is 2.44 bits per heavy atom. The molecule has 0 saturated carbocycles. The fourth-order valence-corrected chi connectivity index (χ4v) is 0.816. The van der Waals surface area contributed by atoms with E-state index in [1.165, 1.54) is 5.57 Å². The maximum absolute atomic E-state index is 5.07. The predicted octanol–water partition coefficient (Wildman–Crippen LogP) is 1.02. The highest BCUT2D eigenvalue weighted by Gasteiger charge is 2.06. The molecular formula is C7H11NO. The third kappa shape index (κ3) is 1.33. The van der Waals surface area contributed by atoms with Gasteiger partial charge in [0.2, 0.25) is 0 Å². The first-order valence-corrected chi connectivity index (χ1v) is 2.97. The normalized spacial score (nSPS) is 25.1. The third-order valence-electron chi connectivity index (χ3n) is 1.35. The second-order valence-electron chi connectivity index (χ2n) is 2.05. The fourth-order valence-electron chi connectivity index (χ4n) is 0.816. The molecule has 0 amide bonds. The van der Waals surface area contributed by atoms with E-state index >= 15 is 0 Å². The predicted molar refractivity (Wildman–Crippen MR) is 36.8 cm³/mol. The summed E-state index contributed by atoms with van der Waals surface area (Å²) in [5, 5.41) is 3.05. The van der Waals surface area contributed by atoms with Crippen molar-refractivity contribution < 1.29 is 4.74 Å². The van der Waals surface area contributed by atoms with Crippen LogP contribution in [0.15, 0.2) is 23.9 Å². The van der Waals surface area contributed by atoms with E-state index in [0.29, 0.717) is 0 Å². The number of allylic oxidation sites excluding steroid dienone is 2.